The van der Waals surface area contributed by atoms with Gasteiger partial charge in [-0.1, -0.05) is 35.9 Å². The van der Waals surface area contributed by atoms with Crippen LogP contribution in [0, 0.1) is 18.6 Å². The Morgan fingerprint density at radius 3 is 2.54 bits per heavy atom. The monoisotopic (exact) mass is 352 g/mol. The van der Waals surface area contributed by atoms with Crippen LogP contribution < -0.4 is 0 Å². The fourth-order valence-corrected chi connectivity index (χ4v) is 3.80. The van der Waals surface area contributed by atoms with Crippen molar-refractivity contribution < 1.29 is 8.78 Å². The zero-order chi connectivity index (χ0) is 18.1. The fourth-order valence-electron chi connectivity index (χ4n) is 3.80. The lowest BCUT2D eigenvalue weighted by Crippen LogP contribution is -2.29. The molecule has 0 saturated carbocycles. The topological polar surface area (TPSA) is 8.17 Å². The molecule has 0 bridgehead atoms. The third-order valence-electron chi connectivity index (χ3n) is 5.12. The molecule has 1 aromatic heterocycles. The molecule has 1 aliphatic rings. The zero-order valence-corrected chi connectivity index (χ0v) is 14.8. The molecule has 0 fully saturated rings. The van der Waals surface area contributed by atoms with Crippen molar-refractivity contribution in [3.63, 3.8) is 0 Å². The summed E-state index contributed by atoms with van der Waals surface area (Å²) >= 11 is 0. The Bertz CT molecular complexity index is 899. The van der Waals surface area contributed by atoms with Gasteiger partial charge in [0.15, 0.2) is 11.6 Å². The SMILES string of the molecule is Cc1ccc(CN2CCCn3cccc3C2c2ccc(F)c(F)c2)cc1. The number of hydrogen-bond donors (Lipinski definition) is 0. The van der Waals surface area contributed by atoms with Gasteiger partial charge in [0.25, 0.3) is 0 Å². The van der Waals surface area contributed by atoms with E-state index in [0.717, 1.165) is 37.3 Å². The minimum Gasteiger partial charge on any atom is -0.350 e. The van der Waals surface area contributed by atoms with E-state index in [1.54, 1.807) is 6.07 Å². The molecule has 2 aromatic carbocycles. The Kier molecular flexibility index (Phi) is 4.60. The number of fused-ring (bicyclic) bond motifs is 1. The van der Waals surface area contributed by atoms with Gasteiger partial charge in [0.1, 0.15) is 0 Å². The second kappa shape index (κ2) is 7.04. The average Bonchev–Trinajstić information content (AvgIpc) is 3.01. The third-order valence-corrected chi connectivity index (χ3v) is 5.12. The van der Waals surface area contributed by atoms with E-state index in [9.17, 15) is 8.78 Å². The molecule has 0 N–H and O–H groups in total. The molecule has 0 spiro atoms. The van der Waals surface area contributed by atoms with E-state index in [1.807, 2.05) is 6.07 Å². The molecule has 0 saturated heterocycles. The molecule has 0 amide bonds. The number of rotatable bonds is 3. The Morgan fingerprint density at radius 1 is 0.962 bits per heavy atom. The van der Waals surface area contributed by atoms with E-state index < -0.39 is 11.6 Å². The average molecular weight is 352 g/mol. The minimum absolute atomic E-state index is 0.0936. The molecule has 2 nitrogen and oxygen atoms in total. The van der Waals surface area contributed by atoms with Crippen LogP contribution in [0.15, 0.2) is 60.8 Å². The molecule has 4 heteroatoms. The van der Waals surface area contributed by atoms with Crippen LogP contribution in [-0.4, -0.2) is 16.0 Å². The van der Waals surface area contributed by atoms with Crippen LogP contribution in [0.1, 0.15) is 34.8 Å². The second-order valence-electron chi connectivity index (χ2n) is 7.01. The second-order valence-corrected chi connectivity index (χ2v) is 7.01. The summed E-state index contributed by atoms with van der Waals surface area (Å²) < 4.78 is 29.6. The van der Waals surface area contributed by atoms with Crippen LogP contribution in [0.5, 0.6) is 0 Å². The number of nitrogens with zero attached hydrogens (tertiary/aromatic N) is 2. The Labute approximate surface area is 152 Å². The first-order chi connectivity index (χ1) is 12.6. The van der Waals surface area contributed by atoms with Crippen molar-refractivity contribution in [1.82, 2.24) is 9.47 Å². The molecule has 2 heterocycles. The number of benzene rings is 2. The molecule has 1 atom stereocenters. The Balaban J connectivity index is 1.75. The lowest BCUT2D eigenvalue weighted by atomic mass is 10.0. The van der Waals surface area contributed by atoms with E-state index >= 15 is 0 Å². The zero-order valence-electron chi connectivity index (χ0n) is 14.8. The maximum absolute atomic E-state index is 13.9. The largest absolute Gasteiger partial charge is 0.350 e. The number of halogens is 2. The molecule has 3 aromatic rings. The van der Waals surface area contributed by atoms with Gasteiger partial charge >= 0.3 is 0 Å². The van der Waals surface area contributed by atoms with Crippen LogP contribution in [0.25, 0.3) is 0 Å². The summed E-state index contributed by atoms with van der Waals surface area (Å²) in [5.41, 5.74) is 4.37. The van der Waals surface area contributed by atoms with Gasteiger partial charge in [0.05, 0.1) is 6.04 Å². The van der Waals surface area contributed by atoms with Gasteiger partial charge in [-0.2, -0.15) is 0 Å². The molecule has 0 radical (unpaired) electrons. The third kappa shape index (κ3) is 3.29. The summed E-state index contributed by atoms with van der Waals surface area (Å²) in [6.07, 6.45) is 3.09. The van der Waals surface area contributed by atoms with Gasteiger partial charge in [-0.3, -0.25) is 4.90 Å². The molecule has 1 unspecified atom stereocenters. The summed E-state index contributed by atoms with van der Waals surface area (Å²) in [6, 6.07) is 16.8. The summed E-state index contributed by atoms with van der Waals surface area (Å²) in [5.74, 6) is -1.59. The Morgan fingerprint density at radius 2 is 1.77 bits per heavy atom. The van der Waals surface area contributed by atoms with Gasteiger partial charge in [-0.05, 0) is 48.7 Å². The van der Waals surface area contributed by atoms with Crippen LogP contribution in [0.2, 0.25) is 0 Å². The van der Waals surface area contributed by atoms with E-state index in [2.05, 4.69) is 52.9 Å². The van der Waals surface area contributed by atoms with Crippen molar-refractivity contribution in [2.24, 2.45) is 0 Å². The van der Waals surface area contributed by atoms with Gasteiger partial charge < -0.3 is 4.57 Å². The first-order valence-corrected chi connectivity index (χ1v) is 9.01. The predicted molar refractivity (Wildman–Crippen MR) is 98.8 cm³/mol. The highest BCUT2D eigenvalue weighted by molar-refractivity contribution is 5.31. The van der Waals surface area contributed by atoms with E-state index in [4.69, 9.17) is 0 Å². The van der Waals surface area contributed by atoms with Crippen molar-refractivity contribution in [3.8, 4) is 0 Å². The molecule has 1 aliphatic heterocycles. The quantitative estimate of drug-likeness (QED) is 0.639. The van der Waals surface area contributed by atoms with Gasteiger partial charge in [0.2, 0.25) is 0 Å². The molecular weight excluding hydrogens is 330 g/mol. The summed E-state index contributed by atoms with van der Waals surface area (Å²) in [7, 11) is 0. The van der Waals surface area contributed by atoms with Crippen LogP contribution in [0.4, 0.5) is 8.78 Å². The van der Waals surface area contributed by atoms with Crippen molar-refractivity contribution in [2.75, 3.05) is 6.54 Å². The first kappa shape index (κ1) is 17.0. The van der Waals surface area contributed by atoms with Crippen molar-refractivity contribution in [1.29, 1.82) is 0 Å². The van der Waals surface area contributed by atoms with Crippen LogP contribution in [-0.2, 0) is 13.1 Å². The fraction of sp³-hybridized carbons (Fsp3) is 0.273. The summed E-state index contributed by atoms with van der Waals surface area (Å²) in [6.45, 7) is 4.69. The smallest absolute Gasteiger partial charge is 0.159 e. The number of aryl methyl sites for hydroxylation is 2. The Hall–Kier alpha value is -2.46. The molecular formula is C22H22F2N2. The van der Waals surface area contributed by atoms with Crippen LogP contribution >= 0.6 is 0 Å². The number of aromatic nitrogens is 1. The van der Waals surface area contributed by atoms with E-state index in [1.165, 1.54) is 23.3 Å². The maximum Gasteiger partial charge on any atom is 0.159 e. The minimum atomic E-state index is -0.803. The number of hydrogen-bond acceptors (Lipinski definition) is 1. The lowest BCUT2D eigenvalue weighted by Gasteiger charge is -2.30. The molecule has 26 heavy (non-hydrogen) atoms. The highest BCUT2D eigenvalue weighted by atomic mass is 19.2. The molecule has 134 valence electrons. The normalized spacial score (nSPS) is 17.7. The summed E-state index contributed by atoms with van der Waals surface area (Å²) in [5, 5.41) is 0. The summed E-state index contributed by atoms with van der Waals surface area (Å²) in [4.78, 5) is 2.36. The highest BCUT2D eigenvalue weighted by Crippen LogP contribution is 2.33. The van der Waals surface area contributed by atoms with Crippen LogP contribution in [0.3, 0.4) is 0 Å². The predicted octanol–water partition coefficient (Wildman–Crippen LogP) is 5.07. The maximum atomic E-state index is 13.9. The standard InChI is InChI=1S/C22H22F2N2/c1-16-5-7-17(8-6-16)15-26-13-3-12-25-11-2-4-21(25)22(26)18-9-10-19(23)20(24)14-18/h2,4-11,14,22H,3,12-13,15H2,1H3. The van der Waals surface area contributed by atoms with Gasteiger partial charge in [-0.25, -0.2) is 8.78 Å². The van der Waals surface area contributed by atoms with Gasteiger partial charge in [-0.15, -0.1) is 0 Å². The molecule has 0 aliphatic carbocycles. The molecule has 4 rings (SSSR count). The van der Waals surface area contributed by atoms with Crippen molar-refractivity contribution in [2.45, 2.75) is 32.5 Å². The first-order valence-electron chi connectivity index (χ1n) is 9.01. The van der Waals surface area contributed by atoms with Gasteiger partial charge in [0, 0.05) is 31.5 Å². The van der Waals surface area contributed by atoms with E-state index in [-0.39, 0.29) is 6.04 Å². The highest BCUT2D eigenvalue weighted by Gasteiger charge is 2.28. The lowest BCUT2D eigenvalue weighted by molar-refractivity contribution is 0.220. The van der Waals surface area contributed by atoms with Crippen molar-refractivity contribution >= 4 is 0 Å². The van der Waals surface area contributed by atoms with E-state index in [0.29, 0.717) is 0 Å². The van der Waals surface area contributed by atoms with Crippen molar-refractivity contribution in [3.05, 3.63) is 94.8 Å².